The molecule has 1 heterocycles. The summed E-state index contributed by atoms with van der Waals surface area (Å²) in [5.74, 6) is 1.92. The zero-order valence-corrected chi connectivity index (χ0v) is 23.0. The molecule has 34 heavy (non-hydrogen) atoms. The highest BCUT2D eigenvalue weighted by Gasteiger charge is 2.21. The van der Waals surface area contributed by atoms with E-state index in [4.69, 9.17) is 11.6 Å². The summed E-state index contributed by atoms with van der Waals surface area (Å²) in [7, 11) is 4.07. The average Bonchev–Trinajstić information content (AvgIpc) is 2.84. The van der Waals surface area contributed by atoms with Gasteiger partial charge in [0.05, 0.1) is 15.6 Å². The fourth-order valence-corrected chi connectivity index (χ4v) is 4.64. The number of anilines is 2. The van der Waals surface area contributed by atoms with Crippen molar-refractivity contribution in [3.8, 4) is 12.3 Å². The van der Waals surface area contributed by atoms with Crippen LogP contribution in [-0.2, 0) is 13.0 Å². The van der Waals surface area contributed by atoms with Gasteiger partial charge in [-0.3, -0.25) is 0 Å². The minimum absolute atomic E-state index is 0.331. The third-order valence-electron chi connectivity index (χ3n) is 4.66. The summed E-state index contributed by atoms with van der Waals surface area (Å²) in [5, 5.41) is 8.37. The molecular weight excluding hydrogens is 489 g/mol. The molecule has 1 aliphatic rings. The van der Waals surface area contributed by atoms with Crippen LogP contribution in [0.15, 0.2) is 45.4 Å². The van der Waals surface area contributed by atoms with E-state index in [9.17, 15) is 4.39 Å². The van der Waals surface area contributed by atoms with Crippen LogP contribution < -0.4 is 14.5 Å². The Morgan fingerprint density at radius 2 is 1.94 bits per heavy atom. The van der Waals surface area contributed by atoms with Gasteiger partial charge in [0.15, 0.2) is 5.17 Å². The molecule has 5 nitrogen and oxygen atoms in total. The number of thioether (sulfide) groups is 1. The van der Waals surface area contributed by atoms with E-state index in [0.717, 1.165) is 24.9 Å². The van der Waals surface area contributed by atoms with Crippen LogP contribution in [0.1, 0.15) is 31.9 Å². The monoisotopic (exact) mass is 521 g/mol. The van der Waals surface area contributed by atoms with Gasteiger partial charge in [0.1, 0.15) is 5.82 Å². The average molecular weight is 522 g/mol. The number of fused-ring (bicyclic) bond motifs is 1. The van der Waals surface area contributed by atoms with E-state index >= 15 is 0 Å². The normalized spacial score (nSPS) is 12.2. The Hall–Kier alpha value is -2.34. The van der Waals surface area contributed by atoms with Gasteiger partial charge in [0, 0.05) is 39.6 Å². The molecule has 0 saturated heterocycles. The third-order valence-corrected chi connectivity index (χ3v) is 6.49. The van der Waals surface area contributed by atoms with E-state index in [2.05, 4.69) is 62.0 Å². The third kappa shape index (κ3) is 8.46. The summed E-state index contributed by atoms with van der Waals surface area (Å²) in [5.41, 5.74) is 4.48. The molecule has 0 radical (unpaired) electrons. The number of halogens is 2. The highest BCUT2D eigenvalue weighted by Crippen LogP contribution is 2.35. The second-order valence-corrected chi connectivity index (χ2v) is 9.05. The predicted molar refractivity (Wildman–Crippen MR) is 152 cm³/mol. The highest BCUT2D eigenvalue weighted by molar-refractivity contribution is 8.14. The molecule has 2 aromatic rings. The largest absolute Gasteiger partial charge is 0.378 e. The molecule has 0 atom stereocenters. The smallest absolute Gasteiger partial charge is 0.192 e. The summed E-state index contributed by atoms with van der Waals surface area (Å²) in [6.45, 7) is 10.5. The molecule has 0 spiro atoms. The summed E-state index contributed by atoms with van der Waals surface area (Å²) >= 11 is 8.99. The van der Waals surface area contributed by atoms with Crippen LogP contribution >= 0.6 is 35.3 Å². The Morgan fingerprint density at radius 1 is 1.26 bits per heavy atom. The first-order chi connectivity index (χ1) is 16.3. The van der Waals surface area contributed by atoms with Crippen LogP contribution in [0, 0.1) is 18.2 Å². The molecule has 0 bridgehead atoms. The lowest BCUT2D eigenvalue weighted by atomic mass is 9.98. The maximum Gasteiger partial charge on any atom is 0.192 e. The minimum atomic E-state index is -0.331. The summed E-state index contributed by atoms with van der Waals surface area (Å²) in [6.07, 6.45) is 7.34. The van der Waals surface area contributed by atoms with Gasteiger partial charge in [-0.05, 0) is 66.9 Å². The first-order valence-corrected chi connectivity index (χ1v) is 13.2. The molecule has 0 aliphatic carbocycles. The molecular formula is C25H33ClFN5S2. The molecule has 0 aromatic heterocycles. The predicted octanol–water partition coefficient (Wildman–Crippen LogP) is 6.70. The molecule has 2 aromatic carbocycles. The molecule has 9 heteroatoms. The quantitative estimate of drug-likeness (QED) is 0.156. The van der Waals surface area contributed by atoms with Crippen LogP contribution in [-0.4, -0.2) is 38.8 Å². The molecule has 0 unspecified atom stereocenters. The lowest BCUT2D eigenvalue weighted by Gasteiger charge is -2.32. The Kier molecular flexibility index (Phi) is 13.6. The van der Waals surface area contributed by atoms with Gasteiger partial charge < -0.3 is 14.5 Å². The fourth-order valence-electron chi connectivity index (χ4n) is 3.13. The number of rotatable bonds is 5. The van der Waals surface area contributed by atoms with Gasteiger partial charge >= 0.3 is 0 Å². The van der Waals surface area contributed by atoms with Gasteiger partial charge in [0.25, 0.3) is 0 Å². The number of hydrogen-bond acceptors (Lipinski definition) is 6. The standard InChI is InChI=1S/C20H23ClFN5S2.C3H4.C2H6/c1-23-24-20(28-4)25-29-19-10-16(21)18(11-17(19)22)27-8-7-13-9-15(26(2)3)6-5-14(13)12-27;1-3-2;1-2/h5-6,9-11H,1,7-8,12H2,2-4H3,(H,24,25);1H,2H3;1-2H3. The van der Waals surface area contributed by atoms with E-state index in [1.54, 1.807) is 13.0 Å². The molecule has 3 rings (SSSR count). The number of benzene rings is 2. The number of hydrogen-bond donors (Lipinski definition) is 1. The molecule has 0 saturated carbocycles. The first-order valence-electron chi connectivity index (χ1n) is 10.8. The first kappa shape index (κ1) is 29.7. The number of amidine groups is 1. The van der Waals surface area contributed by atoms with Crippen LogP contribution in [0.5, 0.6) is 0 Å². The molecule has 1 aliphatic heterocycles. The maximum absolute atomic E-state index is 14.7. The van der Waals surface area contributed by atoms with E-state index in [0.29, 0.717) is 27.3 Å². The van der Waals surface area contributed by atoms with Crippen molar-refractivity contribution >= 4 is 58.6 Å². The Bertz CT molecular complexity index is 1020. The van der Waals surface area contributed by atoms with Crippen molar-refractivity contribution in [3.63, 3.8) is 0 Å². The van der Waals surface area contributed by atoms with Crippen molar-refractivity contribution in [3.05, 3.63) is 52.3 Å². The van der Waals surface area contributed by atoms with Crippen molar-refractivity contribution < 1.29 is 4.39 Å². The van der Waals surface area contributed by atoms with E-state index < -0.39 is 0 Å². The van der Waals surface area contributed by atoms with Crippen molar-refractivity contribution in [1.29, 1.82) is 0 Å². The molecule has 184 valence electrons. The van der Waals surface area contributed by atoms with E-state index in [-0.39, 0.29) is 5.82 Å². The van der Waals surface area contributed by atoms with Crippen molar-refractivity contribution in [2.24, 2.45) is 10.2 Å². The topological polar surface area (TPSA) is 43.2 Å². The van der Waals surface area contributed by atoms with Gasteiger partial charge in [-0.1, -0.05) is 43.3 Å². The van der Waals surface area contributed by atoms with E-state index in [1.165, 1.54) is 34.6 Å². The Balaban J connectivity index is 0.00000107. The van der Waals surface area contributed by atoms with E-state index in [1.807, 2.05) is 34.2 Å². The number of nitrogens with zero attached hydrogens (tertiary/aromatic N) is 4. The van der Waals surface area contributed by atoms with Crippen LogP contribution in [0.4, 0.5) is 15.8 Å². The second-order valence-electron chi connectivity index (χ2n) is 7.00. The number of nitrogens with one attached hydrogen (secondary N) is 1. The lowest BCUT2D eigenvalue weighted by molar-refractivity contribution is 0.599. The Morgan fingerprint density at radius 3 is 2.53 bits per heavy atom. The SMILES string of the molecule is C#CC.C=N/N=C(/NSc1cc(Cl)c(N2CCc3cc(N(C)C)ccc3C2)cc1F)SC.CC. The second kappa shape index (κ2) is 15.5. The van der Waals surface area contributed by atoms with Crippen LogP contribution in [0.2, 0.25) is 5.02 Å². The van der Waals surface area contributed by atoms with Crippen LogP contribution in [0.3, 0.4) is 0 Å². The summed E-state index contributed by atoms with van der Waals surface area (Å²) in [6, 6.07) is 9.63. The van der Waals surface area contributed by atoms with Gasteiger partial charge in [0.2, 0.25) is 0 Å². The fraction of sp³-hybridized carbons (Fsp3) is 0.360. The summed E-state index contributed by atoms with van der Waals surface area (Å²) < 4.78 is 17.7. The molecule has 0 fully saturated rings. The van der Waals surface area contributed by atoms with Crippen LogP contribution in [0.25, 0.3) is 0 Å². The van der Waals surface area contributed by atoms with Gasteiger partial charge in [-0.25, -0.2) is 4.39 Å². The highest BCUT2D eigenvalue weighted by atomic mass is 35.5. The zero-order chi connectivity index (χ0) is 25.7. The van der Waals surface area contributed by atoms with Crippen molar-refractivity contribution in [2.75, 3.05) is 36.7 Å². The Labute approximate surface area is 217 Å². The maximum atomic E-state index is 14.7. The van der Waals surface area contributed by atoms with Gasteiger partial charge in [-0.15, -0.1) is 17.4 Å². The number of terminal acetylenes is 1. The van der Waals surface area contributed by atoms with Crippen molar-refractivity contribution in [2.45, 2.75) is 38.6 Å². The molecule has 1 N–H and O–H groups in total. The minimum Gasteiger partial charge on any atom is -0.378 e. The summed E-state index contributed by atoms with van der Waals surface area (Å²) in [4.78, 5) is 4.63. The van der Waals surface area contributed by atoms with Crippen molar-refractivity contribution in [1.82, 2.24) is 4.72 Å². The van der Waals surface area contributed by atoms with Gasteiger partial charge in [-0.2, -0.15) is 5.10 Å². The molecule has 0 amide bonds. The lowest BCUT2D eigenvalue weighted by Crippen LogP contribution is -2.30. The zero-order valence-electron chi connectivity index (χ0n) is 20.7.